The van der Waals surface area contributed by atoms with E-state index in [1.165, 1.54) is 0 Å². The Morgan fingerprint density at radius 3 is 2.65 bits per heavy atom. The van der Waals surface area contributed by atoms with Gasteiger partial charge in [0.2, 0.25) is 5.13 Å². The molecule has 7 heteroatoms. The fourth-order valence-electron chi connectivity index (χ4n) is 2.37. The van der Waals surface area contributed by atoms with E-state index >= 15 is 0 Å². The molecule has 0 saturated carbocycles. The molecule has 0 atom stereocenters. The number of hydrogen-bond donors (Lipinski definition) is 1. The van der Waals surface area contributed by atoms with Crippen LogP contribution in [-0.2, 0) is 0 Å². The Kier molecular flexibility index (Phi) is 3.77. The van der Waals surface area contributed by atoms with Crippen LogP contribution >= 0.6 is 11.3 Å². The molecule has 0 amide bonds. The fourth-order valence-corrected chi connectivity index (χ4v) is 3.11. The highest BCUT2D eigenvalue weighted by molar-refractivity contribution is 7.15. The van der Waals surface area contributed by atoms with Gasteiger partial charge in [0.1, 0.15) is 17.2 Å². The van der Waals surface area contributed by atoms with Crippen LogP contribution in [0.5, 0.6) is 0 Å². The summed E-state index contributed by atoms with van der Waals surface area (Å²) in [5.41, 5.74) is 0.990. The monoisotopic (exact) mass is 290 g/mol. The quantitative estimate of drug-likeness (QED) is 0.933. The van der Waals surface area contributed by atoms with Crippen LogP contribution in [0.2, 0.25) is 0 Å². The lowest BCUT2D eigenvalue weighted by atomic mass is 10.1. The van der Waals surface area contributed by atoms with E-state index in [4.69, 9.17) is 0 Å². The van der Waals surface area contributed by atoms with Gasteiger partial charge >= 0.3 is 0 Å². The summed E-state index contributed by atoms with van der Waals surface area (Å²) in [5.74, 6) is 0.919. The van der Waals surface area contributed by atoms with Crippen LogP contribution in [0.1, 0.15) is 23.5 Å². The first-order chi connectivity index (χ1) is 9.70. The van der Waals surface area contributed by atoms with Crippen LogP contribution in [0.4, 0.5) is 10.9 Å². The molecule has 1 N–H and O–H groups in total. The molecule has 106 valence electrons. The van der Waals surface area contributed by atoms with Gasteiger partial charge in [0.15, 0.2) is 0 Å². The van der Waals surface area contributed by atoms with Crippen molar-refractivity contribution in [2.45, 2.75) is 32.7 Å². The van der Waals surface area contributed by atoms with E-state index in [2.05, 4.69) is 30.4 Å². The van der Waals surface area contributed by atoms with Gasteiger partial charge in [-0.25, -0.2) is 9.97 Å². The average Bonchev–Trinajstić information content (AvgIpc) is 2.86. The molecule has 0 aliphatic carbocycles. The van der Waals surface area contributed by atoms with Crippen LogP contribution in [0.3, 0.4) is 0 Å². The molecule has 0 unspecified atom stereocenters. The van der Waals surface area contributed by atoms with Gasteiger partial charge in [-0.05, 0) is 26.7 Å². The Labute approximate surface area is 122 Å². The van der Waals surface area contributed by atoms with E-state index in [0.717, 1.165) is 47.6 Å². The maximum atomic E-state index is 4.26. The van der Waals surface area contributed by atoms with E-state index in [-0.39, 0.29) is 0 Å². The highest BCUT2D eigenvalue weighted by atomic mass is 32.1. The predicted molar refractivity (Wildman–Crippen MR) is 80.3 cm³/mol. The molecule has 0 spiro atoms. The lowest BCUT2D eigenvalue weighted by Crippen LogP contribution is -2.39. The molecule has 2 aromatic heterocycles. The minimum absolute atomic E-state index is 0.467. The molecule has 0 aromatic carbocycles. The zero-order valence-corrected chi connectivity index (χ0v) is 12.5. The van der Waals surface area contributed by atoms with Crippen LogP contribution in [-0.4, -0.2) is 39.3 Å². The summed E-state index contributed by atoms with van der Waals surface area (Å²) in [7, 11) is 0. The van der Waals surface area contributed by atoms with Crippen molar-refractivity contribution in [2.75, 3.05) is 23.3 Å². The summed E-state index contributed by atoms with van der Waals surface area (Å²) in [6.45, 7) is 5.99. The summed E-state index contributed by atoms with van der Waals surface area (Å²) >= 11 is 1.66. The number of anilines is 2. The molecule has 1 saturated heterocycles. The lowest BCUT2D eigenvalue weighted by molar-refractivity contribution is 0.524. The van der Waals surface area contributed by atoms with Gasteiger partial charge < -0.3 is 10.2 Å². The number of nitrogens with one attached hydrogen (secondary N) is 1. The molecule has 0 radical (unpaired) electrons. The van der Waals surface area contributed by atoms with Crippen molar-refractivity contribution in [2.24, 2.45) is 0 Å². The minimum atomic E-state index is 0.467. The molecular formula is C13H18N6S. The first kappa shape index (κ1) is 13.2. The summed E-state index contributed by atoms with van der Waals surface area (Å²) in [4.78, 5) is 10.7. The van der Waals surface area contributed by atoms with E-state index in [9.17, 15) is 0 Å². The Bertz CT molecular complexity index is 576. The summed E-state index contributed by atoms with van der Waals surface area (Å²) in [6.07, 6.45) is 3.78. The minimum Gasteiger partial charge on any atom is -0.367 e. The van der Waals surface area contributed by atoms with Gasteiger partial charge in [0.05, 0.1) is 0 Å². The molecule has 20 heavy (non-hydrogen) atoms. The Morgan fingerprint density at radius 1 is 1.20 bits per heavy atom. The third-order valence-electron chi connectivity index (χ3n) is 3.44. The van der Waals surface area contributed by atoms with Crippen LogP contribution in [0.15, 0.2) is 12.4 Å². The maximum absolute atomic E-state index is 4.26. The van der Waals surface area contributed by atoms with Crippen molar-refractivity contribution in [1.29, 1.82) is 0 Å². The third kappa shape index (κ3) is 3.04. The summed E-state index contributed by atoms with van der Waals surface area (Å²) in [5, 5.41) is 13.8. The second-order valence-corrected chi connectivity index (χ2v) is 6.21. The van der Waals surface area contributed by atoms with Gasteiger partial charge in [0.25, 0.3) is 0 Å². The topological polar surface area (TPSA) is 66.8 Å². The Balaban J connectivity index is 1.56. The number of hydrogen-bond acceptors (Lipinski definition) is 7. The number of piperidine rings is 1. The van der Waals surface area contributed by atoms with Gasteiger partial charge in [-0.1, -0.05) is 11.3 Å². The van der Waals surface area contributed by atoms with E-state index in [1.807, 2.05) is 19.9 Å². The SMILES string of the molecule is Cc1cc(NC2CCN(c3nnc(C)s3)CC2)ncn1. The standard InChI is InChI=1S/C13H18N6S/c1-9-7-12(15-8-14-9)16-11-3-5-19(6-4-11)13-18-17-10(2)20-13/h7-8,11H,3-6H2,1-2H3,(H,14,15,16). The molecule has 2 aromatic rings. The first-order valence-corrected chi connectivity index (χ1v) is 7.62. The zero-order valence-electron chi connectivity index (χ0n) is 11.7. The van der Waals surface area contributed by atoms with Crippen molar-refractivity contribution in [3.8, 4) is 0 Å². The lowest BCUT2D eigenvalue weighted by Gasteiger charge is -2.32. The van der Waals surface area contributed by atoms with Crippen LogP contribution in [0, 0.1) is 13.8 Å². The van der Waals surface area contributed by atoms with Crippen molar-refractivity contribution >= 4 is 22.3 Å². The Morgan fingerprint density at radius 2 is 2.00 bits per heavy atom. The van der Waals surface area contributed by atoms with Crippen LogP contribution in [0.25, 0.3) is 0 Å². The zero-order chi connectivity index (χ0) is 13.9. The Hall–Kier alpha value is -1.76. The van der Waals surface area contributed by atoms with E-state index < -0.39 is 0 Å². The highest BCUT2D eigenvalue weighted by Crippen LogP contribution is 2.24. The van der Waals surface area contributed by atoms with Crippen molar-refractivity contribution in [1.82, 2.24) is 20.2 Å². The van der Waals surface area contributed by atoms with Crippen molar-refractivity contribution in [3.05, 3.63) is 23.1 Å². The molecule has 0 bridgehead atoms. The number of aromatic nitrogens is 4. The number of nitrogens with zero attached hydrogens (tertiary/aromatic N) is 5. The number of rotatable bonds is 3. The maximum Gasteiger partial charge on any atom is 0.208 e. The van der Waals surface area contributed by atoms with E-state index in [0.29, 0.717) is 6.04 Å². The van der Waals surface area contributed by atoms with Gasteiger partial charge in [-0.15, -0.1) is 10.2 Å². The molecule has 3 rings (SSSR count). The van der Waals surface area contributed by atoms with Gasteiger partial charge in [-0.3, -0.25) is 0 Å². The molecule has 6 nitrogen and oxygen atoms in total. The van der Waals surface area contributed by atoms with Crippen molar-refractivity contribution in [3.63, 3.8) is 0 Å². The molecule has 1 fully saturated rings. The molecule has 1 aliphatic heterocycles. The smallest absolute Gasteiger partial charge is 0.208 e. The van der Waals surface area contributed by atoms with Gasteiger partial charge in [0, 0.05) is 30.9 Å². The van der Waals surface area contributed by atoms with Crippen LogP contribution < -0.4 is 10.2 Å². The predicted octanol–water partition coefficient (Wildman–Crippen LogP) is 2.03. The largest absolute Gasteiger partial charge is 0.367 e. The molecular weight excluding hydrogens is 272 g/mol. The fraction of sp³-hybridized carbons (Fsp3) is 0.538. The average molecular weight is 290 g/mol. The van der Waals surface area contributed by atoms with Gasteiger partial charge in [-0.2, -0.15) is 0 Å². The molecule has 3 heterocycles. The van der Waals surface area contributed by atoms with Crippen molar-refractivity contribution < 1.29 is 0 Å². The highest BCUT2D eigenvalue weighted by Gasteiger charge is 2.21. The summed E-state index contributed by atoms with van der Waals surface area (Å²) in [6, 6.07) is 2.45. The first-order valence-electron chi connectivity index (χ1n) is 6.81. The summed E-state index contributed by atoms with van der Waals surface area (Å²) < 4.78 is 0. The third-order valence-corrected chi connectivity index (χ3v) is 4.34. The second-order valence-electron chi connectivity index (χ2n) is 5.05. The number of aryl methyl sites for hydroxylation is 2. The normalized spacial score (nSPS) is 16.4. The van der Waals surface area contributed by atoms with E-state index in [1.54, 1.807) is 17.7 Å². The molecule has 1 aliphatic rings. The second kappa shape index (κ2) is 5.70.